The van der Waals surface area contributed by atoms with E-state index in [1.54, 1.807) is 0 Å². The summed E-state index contributed by atoms with van der Waals surface area (Å²) in [4.78, 5) is -0.514. The molecule has 0 amide bonds. The molecule has 0 fully saturated rings. The zero-order valence-corrected chi connectivity index (χ0v) is 13.5. The third-order valence-corrected chi connectivity index (χ3v) is 4.84. The standard InChI is InChI=1S/C14H11BrF3NO2S/c15-10-5-6-11(16)9(7-10)8-19-12-3-1-2-4-13(12)22(20,21)14(17)18/h1-7,14,19H,8H2. The summed E-state index contributed by atoms with van der Waals surface area (Å²) in [5.74, 6) is -4.00. The predicted molar refractivity (Wildman–Crippen MR) is 81.1 cm³/mol. The summed E-state index contributed by atoms with van der Waals surface area (Å²) in [5.41, 5.74) is 0.279. The van der Waals surface area contributed by atoms with E-state index in [4.69, 9.17) is 0 Å². The van der Waals surface area contributed by atoms with E-state index in [1.807, 2.05) is 0 Å². The molecule has 118 valence electrons. The van der Waals surface area contributed by atoms with Crippen molar-refractivity contribution in [3.8, 4) is 0 Å². The summed E-state index contributed by atoms with van der Waals surface area (Å²) >= 11 is 3.20. The minimum Gasteiger partial charge on any atom is -0.380 e. The zero-order chi connectivity index (χ0) is 16.3. The molecular weight excluding hydrogens is 383 g/mol. The summed E-state index contributed by atoms with van der Waals surface area (Å²) in [6.07, 6.45) is 0. The SMILES string of the molecule is O=S(=O)(c1ccccc1NCc1cc(Br)ccc1F)C(F)F. The summed E-state index contributed by atoms with van der Waals surface area (Å²) in [5, 5.41) is 2.69. The van der Waals surface area contributed by atoms with E-state index in [9.17, 15) is 21.6 Å². The molecule has 0 bridgehead atoms. The number of halogens is 4. The second-order valence-corrected chi connectivity index (χ2v) is 7.19. The monoisotopic (exact) mass is 393 g/mol. The Hall–Kier alpha value is -1.54. The van der Waals surface area contributed by atoms with Gasteiger partial charge in [0.1, 0.15) is 5.82 Å². The highest BCUT2D eigenvalue weighted by Crippen LogP contribution is 2.27. The molecule has 0 aliphatic rings. The van der Waals surface area contributed by atoms with Crippen molar-refractivity contribution in [2.45, 2.75) is 17.2 Å². The lowest BCUT2D eigenvalue weighted by Crippen LogP contribution is -2.14. The molecule has 0 unspecified atom stereocenters. The van der Waals surface area contributed by atoms with Crippen LogP contribution in [0.1, 0.15) is 5.56 Å². The van der Waals surface area contributed by atoms with E-state index in [0.29, 0.717) is 4.47 Å². The van der Waals surface area contributed by atoms with Crippen LogP contribution in [0.25, 0.3) is 0 Å². The van der Waals surface area contributed by atoms with Crippen LogP contribution in [0.5, 0.6) is 0 Å². The fourth-order valence-corrected chi connectivity index (χ4v) is 3.14. The average Bonchev–Trinajstić information content (AvgIpc) is 2.48. The number of anilines is 1. The Balaban J connectivity index is 2.30. The first-order valence-corrected chi connectivity index (χ1v) is 8.45. The van der Waals surface area contributed by atoms with Crippen molar-refractivity contribution in [2.24, 2.45) is 0 Å². The molecular formula is C14H11BrF3NO2S. The highest BCUT2D eigenvalue weighted by Gasteiger charge is 2.28. The number of hydrogen-bond donors (Lipinski definition) is 1. The van der Waals surface area contributed by atoms with Gasteiger partial charge in [-0.1, -0.05) is 28.1 Å². The van der Waals surface area contributed by atoms with Gasteiger partial charge in [0.05, 0.1) is 10.6 Å². The van der Waals surface area contributed by atoms with Gasteiger partial charge in [-0.25, -0.2) is 12.8 Å². The van der Waals surface area contributed by atoms with Crippen LogP contribution in [-0.4, -0.2) is 14.2 Å². The third-order valence-electron chi connectivity index (χ3n) is 2.91. The smallest absolute Gasteiger partial charge is 0.341 e. The van der Waals surface area contributed by atoms with Crippen LogP contribution < -0.4 is 5.32 Å². The predicted octanol–water partition coefficient (Wildman–Crippen LogP) is 4.20. The van der Waals surface area contributed by atoms with Crippen molar-refractivity contribution >= 4 is 31.5 Å². The highest BCUT2D eigenvalue weighted by atomic mass is 79.9. The first kappa shape index (κ1) is 16.8. The molecule has 2 rings (SSSR count). The number of rotatable bonds is 5. The Kier molecular flexibility index (Phi) is 5.12. The van der Waals surface area contributed by atoms with Gasteiger partial charge in [-0.15, -0.1) is 0 Å². The van der Waals surface area contributed by atoms with Gasteiger partial charge < -0.3 is 5.32 Å². The van der Waals surface area contributed by atoms with E-state index in [1.165, 1.54) is 36.4 Å². The van der Waals surface area contributed by atoms with Gasteiger partial charge in [-0.2, -0.15) is 8.78 Å². The van der Waals surface area contributed by atoms with Crippen molar-refractivity contribution < 1.29 is 21.6 Å². The molecule has 2 aromatic rings. The normalized spacial score (nSPS) is 11.7. The average molecular weight is 394 g/mol. The largest absolute Gasteiger partial charge is 0.380 e. The van der Waals surface area contributed by atoms with Crippen LogP contribution in [0.15, 0.2) is 51.8 Å². The van der Waals surface area contributed by atoms with Gasteiger partial charge in [-0.05, 0) is 30.3 Å². The van der Waals surface area contributed by atoms with Gasteiger partial charge in [0.15, 0.2) is 0 Å². The van der Waals surface area contributed by atoms with Crippen molar-refractivity contribution in [2.75, 3.05) is 5.32 Å². The molecule has 0 spiro atoms. The lowest BCUT2D eigenvalue weighted by Gasteiger charge is -2.12. The van der Waals surface area contributed by atoms with Crippen molar-refractivity contribution in [1.82, 2.24) is 0 Å². The molecule has 2 aromatic carbocycles. The van der Waals surface area contributed by atoms with Crippen molar-refractivity contribution in [3.05, 3.63) is 58.3 Å². The van der Waals surface area contributed by atoms with E-state index in [-0.39, 0.29) is 17.8 Å². The lowest BCUT2D eigenvalue weighted by atomic mass is 10.2. The van der Waals surface area contributed by atoms with Gasteiger partial charge in [0.25, 0.3) is 0 Å². The molecule has 0 atom stereocenters. The van der Waals surface area contributed by atoms with E-state index in [2.05, 4.69) is 21.2 Å². The number of alkyl halides is 2. The Morgan fingerprint density at radius 1 is 1.14 bits per heavy atom. The summed E-state index contributed by atoms with van der Waals surface area (Å²) in [6.45, 7) is -0.0406. The van der Waals surface area contributed by atoms with Crippen LogP contribution in [0.2, 0.25) is 0 Å². The minimum absolute atomic E-state index is 0.00201. The Bertz CT molecular complexity index is 781. The number of benzene rings is 2. The topological polar surface area (TPSA) is 46.2 Å². The molecule has 0 aliphatic carbocycles. The highest BCUT2D eigenvalue weighted by molar-refractivity contribution is 9.10. The maximum absolute atomic E-state index is 13.6. The van der Waals surface area contributed by atoms with Gasteiger partial charge in [0, 0.05) is 16.6 Å². The number of sulfone groups is 1. The number of nitrogens with one attached hydrogen (secondary N) is 1. The Morgan fingerprint density at radius 2 is 1.82 bits per heavy atom. The number of hydrogen-bond acceptors (Lipinski definition) is 3. The second-order valence-electron chi connectivity index (χ2n) is 4.39. The van der Waals surface area contributed by atoms with Gasteiger partial charge in [0.2, 0.25) is 9.84 Å². The van der Waals surface area contributed by atoms with Gasteiger partial charge >= 0.3 is 5.76 Å². The molecule has 3 nitrogen and oxygen atoms in total. The molecule has 0 heterocycles. The van der Waals surface area contributed by atoms with Crippen LogP contribution in [-0.2, 0) is 16.4 Å². The fraction of sp³-hybridized carbons (Fsp3) is 0.143. The summed E-state index contributed by atoms with van der Waals surface area (Å²) in [6, 6.07) is 9.58. The molecule has 1 N–H and O–H groups in total. The van der Waals surface area contributed by atoms with E-state index in [0.717, 1.165) is 6.07 Å². The zero-order valence-electron chi connectivity index (χ0n) is 11.1. The molecule has 0 saturated carbocycles. The second kappa shape index (κ2) is 6.70. The van der Waals surface area contributed by atoms with Gasteiger partial charge in [-0.3, -0.25) is 0 Å². The molecule has 22 heavy (non-hydrogen) atoms. The molecule has 0 saturated heterocycles. The van der Waals surface area contributed by atoms with Crippen LogP contribution in [0.4, 0.5) is 18.9 Å². The number of para-hydroxylation sites is 1. The maximum atomic E-state index is 13.6. The first-order valence-electron chi connectivity index (χ1n) is 6.11. The Morgan fingerprint density at radius 3 is 2.50 bits per heavy atom. The van der Waals surface area contributed by atoms with Crippen LogP contribution in [0.3, 0.4) is 0 Å². The van der Waals surface area contributed by atoms with E-state index < -0.39 is 26.3 Å². The third kappa shape index (κ3) is 3.61. The molecule has 0 aliphatic heterocycles. The van der Waals surface area contributed by atoms with Crippen LogP contribution >= 0.6 is 15.9 Å². The van der Waals surface area contributed by atoms with Crippen molar-refractivity contribution in [1.29, 1.82) is 0 Å². The molecule has 0 radical (unpaired) electrons. The summed E-state index contributed by atoms with van der Waals surface area (Å²) < 4.78 is 62.9. The lowest BCUT2D eigenvalue weighted by molar-refractivity contribution is 0.235. The molecule has 8 heteroatoms. The fourth-order valence-electron chi connectivity index (χ4n) is 1.83. The quantitative estimate of drug-likeness (QED) is 0.827. The minimum atomic E-state index is -4.73. The Labute approximate surface area is 134 Å². The summed E-state index contributed by atoms with van der Waals surface area (Å²) in [7, 11) is -4.73. The van der Waals surface area contributed by atoms with Crippen LogP contribution in [0, 0.1) is 5.82 Å². The maximum Gasteiger partial charge on any atom is 0.341 e. The van der Waals surface area contributed by atoms with Crippen molar-refractivity contribution in [3.63, 3.8) is 0 Å². The van der Waals surface area contributed by atoms with E-state index >= 15 is 0 Å². The molecule has 0 aromatic heterocycles. The first-order chi connectivity index (χ1) is 10.3.